The van der Waals surface area contributed by atoms with Crippen LogP contribution in [0.3, 0.4) is 0 Å². The molecule has 8 heteroatoms. The van der Waals surface area contributed by atoms with Gasteiger partial charge in [-0.15, -0.1) is 23.1 Å². The molecule has 2 N–H and O–H groups in total. The number of anilines is 1. The van der Waals surface area contributed by atoms with Gasteiger partial charge in [-0.1, -0.05) is 0 Å². The minimum atomic E-state index is -3.44. The number of carbonyl (C=O) groups is 1. The number of thiophene rings is 1. The van der Waals surface area contributed by atoms with Gasteiger partial charge in [0.2, 0.25) is 0 Å². The van der Waals surface area contributed by atoms with Gasteiger partial charge in [-0.2, -0.15) is 0 Å². The fourth-order valence-electron chi connectivity index (χ4n) is 1.14. The predicted molar refractivity (Wildman–Crippen MR) is 65.0 cm³/mol. The molecule has 1 heterocycles. The summed E-state index contributed by atoms with van der Waals surface area (Å²) in [5, 5.41) is 0. The van der Waals surface area contributed by atoms with E-state index in [0.717, 1.165) is 17.6 Å². The van der Waals surface area contributed by atoms with E-state index in [1.807, 2.05) is 0 Å². The van der Waals surface area contributed by atoms with Crippen molar-refractivity contribution in [2.75, 3.05) is 25.4 Å². The molecule has 0 bridgehead atoms. The van der Waals surface area contributed by atoms with Crippen LogP contribution in [0.25, 0.3) is 0 Å². The Bertz CT molecular complexity index is 518. The lowest BCUT2D eigenvalue weighted by atomic mass is 10.4. The van der Waals surface area contributed by atoms with Crippen LogP contribution in [-0.2, 0) is 14.6 Å². The number of methoxy groups -OCH3 is 1. The highest BCUT2D eigenvalue weighted by molar-refractivity contribution is 8.01. The van der Waals surface area contributed by atoms with Gasteiger partial charge in [-0.3, -0.25) is 0 Å². The second-order valence-electron chi connectivity index (χ2n) is 2.93. The molecule has 0 aromatic carbocycles. The third kappa shape index (κ3) is 2.33. The molecule has 0 aliphatic carbocycles. The van der Waals surface area contributed by atoms with Gasteiger partial charge in [0.25, 0.3) is 0 Å². The Kier molecular flexibility index (Phi) is 3.87. The lowest BCUT2D eigenvalue weighted by molar-refractivity contribution is 0.0607. The summed E-state index contributed by atoms with van der Waals surface area (Å²) in [6, 6.07) is 0. The standard InChI is InChI=1S/C8H11NO4S3/c1-13-7(10)5-4(9)6(16(3,11)12)8(14-2)15-5/h9H2,1-3H3. The van der Waals surface area contributed by atoms with Crippen molar-refractivity contribution in [3.63, 3.8) is 0 Å². The van der Waals surface area contributed by atoms with E-state index < -0.39 is 15.8 Å². The van der Waals surface area contributed by atoms with Gasteiger partial charge in [0, 0.05) is 6.26 Å². The highest BCUT2D eigenvalue weighted by atomic mass is 32.2. The number of hydrogen-bond donors (Lipinski definition) is 1. The molecule has 0 radical (unpaired) electrons. The zero-order chi connectivity index (χ0) is 12.5. The zero-order valence-corrected chi connectivity index (χ0v) is 11.4. The van der Waals surface area contributed by atoms with Crippen LogP contribution < -0.4 is 5.73 Å². The van der Waals surface area contributed by atoms with E-state index in [1.54, 1.807) is 6.26 Å². The molecular weight excluding hydrogens is 270 g/mol. The monoisotopic (exact) mass is 281 g/mol. The Labute approximate surface area is 102 Å². The van der Waals surface area contributed by atoms with Gasteiger partial charge in [0.15, 0.2) is 9.84 Å². The van der Waals surface area contributed by atoms with Crippen molar-refractivity contribution in [3.8, 4) is 0 Å². The SMILES string of the molecule is COC(=O)c1sc(SC)c(S(C)(=O)=O)c1N. The maximum absolute atomic E-state index is 11.5. The van der Waals surface area contributed by atoms with E-state index in [1.165, 1.54) is 18.9 Å². The van der Waals surface area contributed by atoms with Crippen LogP contribution in [0.15, 0.2) is 9.10 Å². The van der Waals surface area contributed by atoms with Crippen LogP contribution in [0.2, 0.25) is 0 Å². The first-order valence-corrected chi connectivity index (χ1v) is 8.00. The maximum Gasteiger partial charge on any atom is 0.350 e. The Morgan fingerprint density at radius 3 is 2.38 bits per heavy atom. The number of ether oxygens (including phenoxy) is 1. The van der Waals surface area contributed by atoms with Crippen LogP contribution >= 0.6 is 23.1 Å². The van der Waals surface area contributed by atoms with E-state index in [-0.39, 0.29) is 15.5 Å². The molecule has 0 aliphatic heterocycles. The van der Waals surface area contributed by atoms with E-state index in [0.29, 0.717) is 4.21 Å². The van der Waals surface area contributed by atoms with Gasteiger partial charge < -0.3 is 10.5 Å². The summed E-state index contributed by atoms with van der Waals surface area (Å²) in [7, 11) is -2.22. The van der Waals surface area contributed by atoms with E-state index in [4.69, 9.17) is 5.73 Å². The first-order valence-electron chi connectivity index (χ1n) is 4.07. The van der Waals surface area contributed by atoms with Crippen molar-refractivity contribution in [2.24, 2.45) is 0 Å². The average Bonchev–Trinajstić information content (AvgIpc) is 2.53. The average molecular weight is 281 g/mol. The number of esters is 1. The molecule has 0 aliphatic rings. The number of nitrogen functional groups attached to an aromatic ring is 1. The van der Waals surface area contributed by atoms with Gasteiger partial charge in [-0.05, 0) is 6.26 Å². The summed E-state index contributed by atoms with van der Waals surface area (Å²) < 4.78 is 28.1. The highest BCUT2D eigenvalue weighted by Gasteiger charge is 2.26. The fraction of sp³-hybridized carbons (Fsp3) is 0.375. The topological polar surface area (TPSA) is 86.5 Å². The number of sulfone groups is 1. The van der Waals surface area contributed by atoms with Crippen molar-refractivity contribution in [1.82, 2.24) is 0 Å². The Balaban J connectivity index is 3.51. The van der Waals surface area contributed by atoms with Crippen LogP contribution in [-0.4, -0.2) is 34.0 Å². The third-order valence-corrected chi connectivity index (χ3v) is 5.53. The maximum atomic E-state index is 11.5. The second-order valence-corrected chi connectivity index (χ2v) is 6.98. The number of nitrogens with two attached hydrogens (primary N) is 1. The number of hydrogen-bond acceptors (Lipinski definition) is 7. The minimum Gasteiger partial charge on any atom is -0.465 e. The molecule has 0 fully saturated rings. The number of thioether (sulfide) groups is 1. The van der Waals surface area contributed by atoms with E-state index >= 15 is 0 Å². The lowest BCUT2D eigenvalue weighted by Gasteiger charge is -2.00. The van der Waals surface area contributed by atoms with Crippen molar-refractivity contribution >= 4 is 44.6 Å². The molecular formula is C8H11NO4S3. The lowest BCUT2D eigenvalue weighted by Crippen LogP contribution is -2.05. The molecule has 0 atom stereocenters. The zero-order valence-electron chi connectivity index (χ0n) is 8.94. The smallest absolute Gasteiger partial charge is 0.350 e. The third-order valence-electron chi connectivity index (χ3n) is 1.80. The quantitative estimate of drug-likeness (QED) is 0.662. The van der Waals surface area contributed by atoms with Gasteiger partial charge >= 0.3 is 5.97 Å². The van der Waals surface area contributed by atoms with Crippen LogP contribution in [0.1, 0.15) is 9.67 Å². The summed E-state index contributed by atoms with van der Waals surface area (Å²) in [5.41, 5.74) is 5.64. The molecule has 0 unspecified atom stereocenters. The first kappa shape index (κ1) is 13.3. The summed E-state index contributed by atoms with van der Waals surface area (Å²) in [6.07, 6.45) is 2.78. The normalized spacial score (nSPS) is 11.4. The van der Waals surface area contributed by atoms with Gasteiger partial charge in [0.1, 0.15) is 9.77 Å². The molecule has 0 saturated heterocycles. The minimum absolute atomic E-state index is 0.0189. The summed E-state index contributed by atoms with van der Waals surface area (Å²) in [5.74, 6) is -0.618. The van der Waals surface area contributed by atoms with Crippen molar-refractivity contribution in [1.29, 1.82) is 0 Å². The van der Waals surface area contributed by atoms with Crippen LogP contribution in [0.5, 0.6) is 0 Å². The van der Waals surface area contributed by atoms with E-state index in [2.05, 4.69) is 4.74 Å². The fourth-order valence-corrected chi connectivity index (χ4v) is 4.93. The molecule has 1 aromatic heterocycles. The van der Waals surface area contributed by atoms with E-state index in [9.17, 15) is 13.2 Å². The Morgan fingerprint density at radius 1 is 1.50 bits per heavy atom. The molecule has 16 heavy (non-hydrogen) atoms. The summed E-state index contributed by atoms with van der Waals surface area (Å²) in [6.45, 7) is 0. The number of carbonyl (C=O) groups excluding carboxylic acids is 1. The molecule has 90 valence electrons. The molecule has 0 saturated carbocycles. The predicted octanol–water partition coefficient (Wildman–Crippen LogP) is 1.24. The Morgan fingerprint density at radius 2 is 2.06 bits per heavy atom. The molecule has 0 spiro atoms. The van der Waals surface area contributed by atoms with Crippen molar-refractivity contribution < 1.29 is 17.9 Å². The van der Waals surface area contributed by atoms with Crippen LogP contribution in [0, 0.1) is 0 Å². The van der Waals surface area contributed by atoms with Gasteiger partial charge in [0.05, 0.1) is 17.0 Å². The Hall–Kier alpha value is -0.730. The summed E-state index contributed by atoms with van der Waals surface area (Å²) in [4.78, 5) is 11.5. The van der Waals surface area contributed by atoms with Crippen molar-refractivity contribution in [3.05, 3.63) is 4.88 Å². The number of rotatable bonds is 3. The first-order chi connectivity index (χ1) is 7.32. The largest absolute Gasteiger partial charge is 0.465 e. The second kappa shape index (κ2) is 4.64. The molecule has 1 rings (SSSR count). The van der Waals surface area contributed by atoms with Crippen LogP contribution in [0.4, 0.5) is 5.69 Å². The molecule has 0 amide bonds. The summed E-state index contributed by atoms with van der Waals surface area (Å²) >= 11 is 2.27. The highest BCUT2D eigenvalue weighted by Crippen LogP contribution is 2.40. The van der Waals surface area contributed by atoms with Crippen molar-refractivity contribution in [2.45, 2.75) is 9.10 Å². The van der Waals surface area contributed by atoms with Gasteiger partial charge in [-0.25, -0.2) is 13.2 Å². The molecule has 1 aromatic rings. The molecule has 5 nitrogen and oxygen atoms in total.